The van der Waals surface area contributed by atoms with Gasteiger partial charge in [-0.15, -0.1) is 0 Å². The number of hydrogen-bond acceptors (Lipinski definition) is 1. The summed E-state index contributed by atoms with van der Waals surface area (Å²) in [5.41, 5.74) is 10.8. The molecule has 0 aliphatic heterocycles. The molecule has 0 spiro atoms. The van der Waals surface area contributed by atoms with Crippen molar-refractivity contribution in [3.8, 4) is 0 Å². The summed E-state index contributed by atoms with van der Waals surface area (Å²) in [5, 5.41) is 0. The van der Waals surface area contributed by atoms with Gasteiger partial charge in [0.15, 0.2) is 0 Å². The topological polar surface area (TPSA) is 9.23 Å². The molecule has 1 nitrogen and oxygen atoms in total. The molecule has 0 saturated heterocycles. The first-order valence-corrected chi connectivity index (χ1v) is 15.7. The van der Waals surface area contributed by atoms with Crippen LogP contribution in [0.25, 0.3) is 0 Å². The average molecular weight is 579 g/mol. The summed E-state index contributed by atoms with van der Waals surface area (Å²) in [6, 6.07) is 35.6. The fraction of sp³-hybridized carbons (Fsp3) is 0.400. The summed E-state index contributed by atoms with van der Waals surface area (Å²) in [5.74, 6) is 1.11. The van der Waals surface area contributed by atoms with E-state index in [2.05, 4.69) is 139 Å². The molecule has 0 fully saturated rings. The molecule has 0 heterocycles. The molecule has 4 rings (SSSR count). The van der Waals surface area contributed by atoms with E-state index in [1.54, 1.807) is 0 Å². The van der Waals surface area contributed by atoms with Crippen molar-refractivity contribution in [2.45, 2.75) is 92.3 Å². The van der Waals surface area contributed by atoms with Crippen LogP contribution in [0.2, 0.25) is 0 Å². The van der Waals surface area contributed by atoms with Crippen LogP contribution in [0, 0.1) is 39.5 Å². The third kappa shape index (κ3) is 14.5. The molecule has 0 N–H and O–H groups in total. The van der Waals surface area contributed by atoms with E-state index in [1.807, 2.05) is 0 Å². The molecular formula is C40H54Li4O. The van der Waals surface area contributed by atoms with Crippen LogP contribution in [-0.4, -0.2) is 0 Å². The fourth-order valence-corrected chi connectivity index (χ4v) is 5.75. The Morgan fingerprint density at radius 2 is 0.844 bits per heavy atom. The second-order valence-corrected chi connectivity index (χ2v) is 12.5. The van der Waals surface area contributed by atoms with E-state index in [-0.39, 0.29) is 93.4 Å². The zero-order chi connectivity index (χ0) is 29.2. The van der Waals surface area contributed by atoms with E-state index in [0.717, 1.165) is 38.5 Å². The summed E-state index contributed by atoms with van der Waals surface area (Å²) in [7, 11) is 0. The number of aryl methyl sites for hydroxylation is 6. The molecular weight excluding hydrogens is 524 g/mol. The Morgan fingerprint density at radius 3 is 1.18 bits per heavy atom. The van der Waals surface area contributed by atoms with Gasteiger partial charge in [0.2, 0.25) is 0 Å². The van der Waals surface area contributed by atoms with Crippen LogP contribution >= 0.6 is 0 Å². The SMILES string of the molecule is Cc1ccc(C(CC(C)CCc2ccccc2)OC(CC(C)CCc2ccccc2)c2ccc(C)c(C)c2)cc1C.[H-].[H-].[H-].[H-].[Li+].[Li+].[Li+].[Li+]. The van der Waals surface area contributed by atoms with Crippen LogP contribution in [-0.2, 0) is 17.6 Å². The van der Waals surface area contributed by atoms with E-state index in [4.69, 9.17) is 4.74 Å². The van der Waals surface area contributed by atoms with Gasteiger partial charge in [-0.1, -0.05) is 111 Å². The van der Waals surface area contributed by atoms with Gasteiger partial charge in [0.25, 0.3) is 0 Å². The Bertz CT molecular complexity index is 1270. The molecule has 224 valence electrons. The number of rotatable bonds is 14. The molecule has 0 amide bonds. The van der Waals surface area contributed by atoms with E-state index in [9.17, 15) is 0 Å². The van der Waals surface area contributed by atoms with Crippen molar-refractivity contribution in [3.05, 3.63) is 142 Å². The first-order valence-electron chi connectivity index (χ1n) is 15.7. The Labute approximate surface area is 329 Å². The Balaban J connectivity index is -0.000000807. The monoisotopic (exact) mass is 578 g/mol. The summed E-state index contributed by atoms with van der Waals surface area (Å²) >= 11 is 0. The molecule has 0 saturated carbocycles. The van der Waals surface area contributed by atoms with E-state index < -0.39 is 0 Å². The maximum atomic E-state index is 7.26. The van der Waals surface area contributed by atoms with Gasteiger partial charge in [-0.3, -0.25) is 0 Å². The van der Waals surface area contributed by atoms with Gasteiger partial charge in [-0.05, 0) is 123 Å². The zero-order valence-corrected chi connectivity index (χ0v) is 30.2. The number of ether oxygens (including phenoxy) is 1. The van der Waals surface area contributed by atoms with Crippen molar-refractivity contribution in [1.82, 2.24) is 0 Å². The van der Waals surface area contributed by atoms with Crippen molar-refractivity contribution in [2.75, 3.05) is 0 Å². The molecule has 4 unspecified atom stereocenters. The molecule has 5 heteroatoms. The van der Waals surface area contributed by atoms with Crippen molar-refractivity contribution >= 4 is 0 Å². The number of benzene rings is 4. The molecule has 0 bridgehead atoms. The van der Waals surface area contributed by atoms with Gasteiger partial charge in [0.1, 0.15) is 0 Å². The molecule has 45 heavy (non-hydrogen) atoms. The van der Waals surface area contributed by atoms with E-state index >= 15 is 0 Å². The van der Waals surface area contributed by atoms with Crippen molar-refractivity contribution in [3.63, 3.8) is 0 Å². The molecule has 0 aliphatic rings. The Hall–Kier alpha value is -0.770. The normalized spacial score (nSPS) is 13.1. The molecule has 0 aromatic heterocycles. The van der Waals surface area contributed by atoms with Gasteiger partial charge in [-0.25, -0.2) is 0 Å². The summed E-state index contributed by atoms with van der Waals surface area (Å²) in [6.45, 7) is 13.6. The van der Waals surface area contributed by atoms with Crippen molar-refractivity contribution < 1.29 is 85.9 Å². The minimum absolute atomic E-state index is 0. The summed E-state index contributed by atoms with van der Waals surface area (Å²) in [4.78, 5) is 0. The van der Waals surface area contributed by atoms with E-state index in [1.165, 1.54) is 44.5 Å². The third-order valence-electron chi connectivity index (χ3n) is 8.90. The zero-order valence-electron chi connectivity index (χ0n) is 34.2. The van der Waals surface area contributed by atoms with Crippen LogP contribution in [0.1, 0.15) is 102 Å². The second-order valence-electron chi connectivity index (χ2n) is 12.5. The fourth-order valence-electron chi connectivity index (χ4n) is 5.75. The first kappa shape index (κ1) is 44.2. The number of hydrogen-bond donors (Lipinski definition) is 0. The average Bonchev–Trinajstić information content (AvgIpc) is 2.98. The molecule has 4 aromatic rings. The van der Waals surface area contributed by atoms with Crippen molar-refractivity contribution in [2.24, 2.45) is 11.8 Å². The quantitative estimate of drug-likeness (QED) is 0.184. The first-order chi connectivity index (χ1) is 19.8. The summed E-state index contributed by atoms with van der Waals surface area (Å²) in [6.07, 6.45) is 6.72. The largest absolute Gasteiger partial charge is 1.00 e. The molecule has 0 aliphatic carbocycles. The predicted octanol–water partition coefficient (Wildman–Crippen LogP) is -0.497. The smallest absolute Gasteiger partial charge is 1.00 e. The Morgan fingerprint density at radius 1 is 0.489 bits per heavy atom. The van der Waals surface area contributed by atoms with Crippen molar-refractivity contribution in [1.29, 1.82) is 0 Å². The summed E-state index contributed by atoms with van der Waals surface area (Å²) < 4.78 is 7.26. The maximum absolute atomic E-state index is 7.26. The van der Waals surface area contributed by atoms with Crippen LogP contribution in [0.4, 0.5) is 0 Å². The second kappa shape index (κ2) is 22.7. The van der Waals surface area contributed by atoms with Crippen LogP contribution in [0.5, 0.6) is 0 Å². The minimum atomic E-state index is 0. The predicted molar refractivity (Wildman–Crippen MR) is 180 cm³/mol. The van der Waals surface area contributed by atoms with Gasteiger partial charge >= 0.3 is 75.4 Å². The van der Waals surface area contributed by atoms with Gasteiger partial charge in [0, 0.05) is 0 Å². The van der Waals surface area contributed by atoms with E-state index in [0.29, 0.717) is 11.8 Å². The molecule has 4 atom stereocenters. The van der Waals surface area contributed by atoms with Crippen LogP contribution < -0.4 is 75.4 Å². The maximum Gasteiger partial charge on any atom is 1.00 e. The third-order valence-corrected chi connectivity index (χ3v) is 8.90. The van der Waals surface area contributed by atoms with Crippen LogP contribution in [0.3, 0.4) is 0 Å². The van der Waals surface area contributed by atoms with Gasteiger partial charge < -0.3 is 10.4 Å². The van der Waals surface area contributed by atoms with Gasteiger partial charge in [-0.2, -0.15) is 0 Å². The standard InChI is InChI=1S/C40H50O.4Li.4H/c1-29(17-21-35-13-9-7-10-14-35)25-39(37-23-19-31(3)33(5)27-37)41-40(38-24-20-32(4)34(6)28-38)26-30(2)18-22-36-15-11-8-12-16-36;;;;;;;;/h7-16,19-20,23-24,27-30,39-40H,17-18,21-22,25-26H2,1-6H3;;;;;;;;/q;4*+1;4*-1. The van der Waals surface area contributed by atoms with Gasteiger partial charge in [0.05, 0.1) is 12.2 Å². The van der Waals surface area contributed by atoms with Crippen LogP contribution in [0.15, 0.2) is 97.1 Å². The minimum Gasteiger partial charge on any atom is -1.00 e. The molecule has 0 radical (unpaired) electrons. The molecule has 4 aromatic carbocycles. The Kier molecular flexibility index (Phi) is 22.3.